The molecule has 1 aliphatic carbocycles. The summed E-state index contributed by atoms with van der Waals surface area (Å²) in [6.07, 6.45) is 6.14. The van der Waals surface area contributed by atoms with E-state index in [1.165, 1.54) is 12.8 Å². The Labute approximate surface area is 122 Å². The monoisotopic (exact) mass is 295 g/mol. The van der Waals surface area contributed by atoms with E-state index in [0.717, 1.165) is 11.3 Å². The van der Waals surface area contributed by atoms with E-state index in [1.54, 1.807) is 6.07 Å². The van der Waals surface area contributed by atoms with Gasteiger partial charge in [0.15, 0.2) is 0 Å². The molecule has 1 fully saturated rings. The van der Waals surface area contributed by atoms with Gasteiger partial charge in [-0.15, -0.1) is 0 Å². The van der Waals surface area contributed by atoms with Crippen LogP contribution < -0.4 is 5.73 Å². The van der Waals surface area contributed by atoms with Crippen LogP contribution in [0.25, 0.3) is 11.3 Å². The summed E-state index contributed by atoms with van der Waals surface area (Å²) < 4.78 is 2.13. The van der Waals surface area contributed by atoms with Gasteiger partial charge in [0, 0.05) is 17.1 Å². The zero-order valence-corrected chi connectivity index (χ0v) is 11.9. The third-order valence-electron chi connectivity index (χ3n) is 3.64. The van der Waals surface area contributed by atoms with Crippen molar-refractivity contribution in [2.45, 2.75) is 18.9 Å². The van der Waals surface area contributed by atoms with Gasteiger partial charge in [-0.05, 0) is 37.0 Å². The smallest absolute Gasteiger partial charge is 0.0954 e. The molecule has 2 N–H and O–H groups in total. The van der Waals surface area contributed by atoms with Crippen molar-refractivity contribution in [1.82, 2.24) is 9.55 Å². The van der Waals surface area contributed by atoms with Crippen molar-refractivity contribution in [3.8, 4) is 11.3 Å². The lowest BCUT2D eigenvalue weighted by Gasteiger charge is -2.19. The molecule has 1 aromatic heterocycles. The maximum Gasteiger partial charge on any atom is 0.0954 e. The third kappa shape index (κ3) is 2.50. The fourth-order valence-electron chi connectivity index (χ4n) is 2.49. The van der Waals surface area contributed by atoms with Crippen LogP contribution in [0.1, 0.15) is 18.9 Å². The fourth-order valence-corrected chi connectivity index (χ4v) is 2.87. The average Bonchev–Trinajstić information content (AvgIpc) is 3.12. The largest absolute Gasteiger partial charge is 0.328 e. The summed E-state index contributed by atoms with van der Waals surface area (Å²) in [5.41, 5.74) is 7.80. The summed E-state index contributed by atoms with van der Waals surface area (Å²) in [5.74, 6) is 0.663. The molecule has 1 heterocycles. The molecule has 0 spiro atoms. The molecule has 0 amide bonds. The van der Waals surface area contributed by atoms with E-state index < -0.39 is 0 Å². The first-order chi connectivity index (χ1) is 9.20. The summed E-state index contributed by atoms with van der Waals surface area (Å²) in [4.78, 5) is 4.25. The Morgan fingerprint density at radius 1 is 1.37 bits per heavy atom. The lowest BCUT2D eigenvalue weighted by atomic mass is 10.1. The molecule has 1 atom stereocenters. The van der Waals surface area contributed by atoms with E-state index in [-0.39, 0.29) is 0 Å². The zero-order valence-electron chi connectivity index (χ0n) is 10.4. The second-order valence-corrected chi connectivity index (χ2v) is 5.79. The van der Waals surface area contributed by atoms with Crippen LogP contribution in [0.3, 0.4) is 0 Å². The number of nitrogens with two attached hydrogens (primary N) is 1. The van der Waals surface area contributed by atoms with Gasteiger partial charge < -0.3 is 10.3 Å². The number of aromatic nitrogens is 2. The Hall–Kier alpha value is -1.03. The van der Waals surface area contributed by atoms with Crippen molar-refractivity contribution in [2.75, 3.05) is 6.54 Å². The topological polar surface area (TPSA) is 43.8 Å². The molecule has 1 aliphatic rings. The summed E-state index contributed by atoms with van der Waals surface area (Å²) >= 11 is 12.3. The molecule has 0 radical (unpaired) electrons. The number of imidazole rings is 1. The standard InChI is InChI=1S/C14H15Cl2N3/c15-10-3-4-12(16)11(5-10)14-7-18-8-19(14)13(6-17)9-1-2-9/h3-5,7-9,13H,1-2,6,17H2. The van der Waals surface area contributed by atoms with E-state index >= 15 is 0 Å². The lowest BCUT2D eigenvalue weighted by molar-refractivity contribution is 0.458. The first-order valence-electron chi connectivity index (χ1n) is 6.38. The number of halogens is 2. The van der Waals surface area contributed by atoms with Gasteiger partial charge in [0.05, 0.1) is 29.3 Å². The van der Waals surface area contributed by atoms with E-state index in [0.29, 0.717) is 28.5 Å². The minimum Gasteiger partial charge on any atom is -0.328 e. The first kappa shape index (κ1) is 13.0. The van der Waals surface area contributed by atoms with Gasteiger partial charge in [0.25, 0.3) is 0 Å². The Morgan fingerprint density at radius 2 is 2.16 bits per heavy atom. The SMILES string of the molecule is NCC(C1CC1)n1cncc1-c1cc(Cl)ccc1Cl. The Kier molecular flexibility index (Phi) is 3.52. The molecule has 100 valence electrons. The highest BCUT2D eigenvalue weighted by molar-refractivity contribution is 6.35. The highest BCUT2D eigenvalue weighted by atomic mass is 35.5. The zero-order chi connectivity index (χ0) is 13.4. The Morgan fingerprint density at radius 3 is 2.84 bits per heavy atom. The number of hydrogen-bond donors (Lipinski definition) is 1. The van der Waals surface area contributed by atoms with Gasteiger partial charge >= 0.3 is 0 Å². The molecular weight excluding hydrogens is 281 g/mol. The van der Waals surface area contributed by atoms with Crippen LogP contribution in [0.2, 0.25) is 10.0 Å². The number of benzene rings is 1. The molecular formula is C14H15Cl2N3. The Bertz CT molecular complexity index is 590. The molecule has 0 saturated heterocycles. The molecule has 0 bridgehead atoms. The third-order valence-corrected chi connectivity index (χ3v) is 4.20. The van der Waals surface area contributed by atoms with Crippen molar-refractivity contribution in [3.05, 3.63) is 40.8 Å². The van der Waals surface area contributed by atoms with Crippen LogP contribution in [0.4, 0.5) is 0 Å². The summed E-state index contributed by atoms with van der Waals surface area (Å²) in [7, 11) is 0. The van der Waals surface area contributed by atoms with E-state index in [1.807, 2.05) is 24.7 Å². The molecule has 1 unspecified atom stereocenters. The summed E-state index contributed by atoms with van der Waals surface area (Å²) in [5, 5.41) is 1.35. The number of rotatable bonds is 4. The minimum atomic E-state index is 0.299. The fraction of sp³-hybridized carbons (Fsp3) is 0.357. The van der Waals surface area contributed by atoms with Crippen LogP contribution in [0.5, 0.6) is 0 Å². The van der Waals surface area contributed by atoms with Gasteiger partial charge in [-0.25, -0.2) is 4.98 Å². The van der Waals surface area contributed by atoms with Crippen molar-refractivity contribution in [2.24, 2.45) is 11.7 Å². The predicted molar refractivity (Wildman–Crippen MR) is 78.5 cm³/mol. The highest BCUT2D eigenvalue weighted by Gasteiger charge is 2.32. The summed E-state index contributed by atoms with van der Waals surface area (Å²) in [6, 6.07) is 5.77. The molecule has 2 aromatic rings. The molecule has 1 aromatic carbocycles. The van der Waals surface area contributed by atoms with Crippen molar-refractivity contribution >= 4 is 23.2 Å². The quantitative estimate of drug-likeness (QED) is 0.933. The van der Waals surface area contributed by atoms with Crippen LogP contribution in [-0.2, 0) is 0 Å². The molecule has 19 heavy (non-hydrogen) atoms. The molecule has 0 aliphatic heterocycles. The second-order valence-electron chi connectivity index (χ2n) is 4.95. The van der Waals surface area contributed by atoms with Crippen molar-refractivity contribution in [3.63, 3.8) is 0 Å². The van der Waals surface area contributed by atoms with E-state index in [2.05, 4.69) is 9.55 Å². The van der Waals surface area contributed by atoms with Crippen LogP contribution >= 0.6 is 23.2 Å². The van der Waals surface area contributed by atoms with Crippen molar-refractivity contribution < 1.29 is 0 Å². The van der Waals surface area contributed by atoms with Crippen LogP contribution in [0, 0.1) is 5.92 Å². The maximum absolute atomic E-state index is 6.27. The van der Waals surface area contributed by atoms with E-state index in [4.69, 9.17) is 28.9 Å². The minimum absolute atomic E-state index is 0.299. The maximum atomic E-state index is 6.27. The average molecular weight is 296 g/mol. The molecule has 5 heteroatoms. The van der Waals surface area contributed by atoms with Gasteiger partial charge in [-0.1, -0.05) is 23.2 Å². The molecule has 3 nitrogen and oxygen atoms in total. The first-order valence-corrected chi connectivity index (χ1v) is 7.13. The van der Waals surface area contributed by atoms with Crippen molar-refractivity contribution in [1.29, 1.82) is 0 Å². The highest BCUT2D eigenvalue weighted by Crippen LogP contribution is 2.41. The van der Waals surface area contributed by atoms with Crippen LogP contribution in [0.15, 0.2) is 30.7 Å². The van der Waals surface area contributed by atoms with Crippen LogP contribution in [-0.4, -0.2) is 16.1 Å². The van der Waals surface area contributed by atoms with Gasteiger partial charge in [-0.3, -0.25) is 0 Å². The van der Waals surface area contributed by atoms with E-state index in [9.17, 15) is 0 Å². The number of nitrogens with zero attached hydrogens (tertiary/aromatic N) is 2. The normalized spacial score (nSPS) is 16.6. The summed E-state index contributed by atoms with van der Waals surface area (Å²) in [6.45, 7) is 0.617. The molecule has 1 saturated carbocycles. The molecule has 3 rings (SSSR count). The Balaban J connectivity index is 2.05. The van der Waals surface area contributed by atoms with Gasteiger partial charge in [-0.2, -0.15) is 0 Å². The number of hydrogen-bond acceptors (Lipinski definition) is 2. The second kappa shape index (κ2) is 5.16. The predicted octanol–water partition coefficient (Wildman–Crippen LogP) is 3.77. The van der Waals surface area contributed by atoms with Gasteiger partial charge in [0.1, 0.15) is 0 Å². The van der Waals surface area contributed by atoms with Gasteiger partial charge in [0.2, 0.25) is 0 Å². The lowest BCUT2D eigenvalue weighted by Crippen LogP contribution is -2.21.